The summed E-state index contributed by atoms with van der Waals surface area (Å²) in [6, 6.07) is 4.28. The van der Waals surface area contributed by atoms with E-state index in [1.165, 1.54) is 0 Å². The van der Waals surface area contributed by atoms with Crippen molar-refractivity contribution in [3.63, 3.8) is 0 Å². The number of nitrogens with zero attached hydrogens (tertiary/aromatic N) is 2. The molecule has 3 saturated heterocycles. The lowest BCUT2D eigenvalue weighted by Crippen LogP contribution is -2.59. The van der Waals surface area contributed by atoms with Crippen molar-refractivity contribution in [1.29, 1.82) is 0 Å². The van der Waals surface area contributed by atoms with E-state index >= 15 is 0 Å². The lowest BCUT2D eigenvalue weighted by Gasteiger charge is -2.40. The van der Waals surface area contributed by atoms with Gasteiger partial charge in [-0.25, -0.2) is 0 Å². The van der Waals surface area contributed by atoms with Gasteiger partial charge in [0.25, 0.3) is 5.91 Å². The molecule has 3 heterocycles. The summed E-state index contributed by atoms with van der Waals surface area (Å²) in [5.74, 6) is -2.55. The van der Waals surface area contributed by atoms with Crippen LogP contribution in [0.25, 0.3) is 0 Å². The molecule has 8 heteroatoms. The number of benzene rings is 1. The van der Waals surface area contributed by atoms with Crippen molar-refractivity contribution in [3.05, 3.63) is 42.0 Å². The van der Waals surface area contributed by atoms with Gasteiger partial charge in [-0.15, -0.1) is 6.58 Å². The van der Waals surface area contributed by atoms with E-state index in [4.69, 9.17) is 9.47 Å². The highest BCUT2D eigenvalue weighted by atomic mass is 16.6. The van der Waals surface area contributed by atoms with Crippen LogP contribution in [0.5, 0.6) is 0 Å². The van der Waals surface area contributed by atoms with Crippen molar-refractivity contribution < 1.29 is 29.0 Å². The standard InChI is InChI=1S/C30H42N2O6/c1-8-15-31(24-19(5)11-10-12-20(24)6)27(35)25-30-14-13-29(7,38-30)23(28(36)37-9-2)22(30)26(34)32(25)21(17-33)16-18(3)4/h8,10-12,18,21-23,25,33H,1,9,13-17H2,2-7H3/t21-,22+,23-,25?,29+,30?/m1/s1. The van der Waals surface area contributed by atoms with Crippen LogP contribution in [0.15, 0.2) is 30.9 Å². The highest BCUT2D eigenvalue weighted by Crippen LogP contribution is 2.64. The van der Waals surface area contributed by atoms with Crippen molar-refractivity contribution >= 4 is 23.5 Å². The Morgan fingerprint density at radius 3 is 2.50 bits per heavy atom. The number of rotatable bonds is 10. The molecule has 0 radical (unpaired) electrons. The van der Waals surface area contributed by atoms with Gasteiger partial charge in [-0.2, -0.15) is 0 Å². The van der Waals surface area contributed by atoms with E-state index in [0.717, 1.165) is 16.8 Å². The number of para-hydroxylation sites is 1. The number of hydrogen-bond donors (Lipinski definition) is 1. The van der Waals surface area contributed by atoms with Crippen LogP contribution in [0, 0.1) is 31.6 Å². The minimum Gasteiger partial charge on any atom is -0.466 e. The zero-order chi connectivity index (χ0) is 28.0. The van der Waals surface area contributed by atoms with Crippen LogP contribution in [-0.2, 0) is 23.9 Å². The van der Waals surface area contributed by atoms with Crippen molar-refractivity contribution in [1.82, 2.24) is 4.90 Å². The summed E-state index contributed by atoms with van der Waals surface area (Å²) < 4.78 is 12.1. The molecule has 1 N–H and O–H groups in total. The number of carbonyl (C=O) groups excluding carboxylic acids is 3. The molecule has 1 aromatic rings. The number of amides is 2. The average molecular weight is 527 g/mol. The molecule has 2 amide bonds. The number of fused-ring (bicyclic) bond motifs is 1. The summed E-state index contributed by atoms with van der Waals surface area (Å²) in [6.45, 7) is 15.6. The Morgan fingerprint density at radius 1 is 1.29 bits per heavy atom. The third-order valence-corrected chi connectivity index (χ3v) is 8.62. The monoisotopic (exact) mass is 526 g/mol. The molecule has 38 heavy (non-hydrogen) atoms. The maximum atomic E-state index is 14.7. The number of aliphatic hydroxyl groups is 1. The first-order valence-electron chi connectivity index (χ1n) is 13.8. The number of carbonyl (C=O) groups is 3. The Labute approximate surface area is 226 Å². The molecular formula is C30H42N2O6. The first kappa shape index (κ1) is 28.3. The van der Waals surface area contributed by atoms with Crippen LogP contribution >= 0.6 is 0 Å². The average Bonchev–Trinajstić information content (AvgIpc) is 3.42. The summed E-state index contributed by atoms with van der Waals surface area (Å²) in [7, 11) is 0. The van der Waals surface area contributed by atoms with Crippen LogP contribution in [-0.4, -0.2) is 70.8 Å². The zero-order valence-electron chi connectivity index (χ0n) is 23.5. The van der Waals surface area contributed by atoms with E-state index in [2.05, 4.69) is 6.58 Å². The summed E-state index contributed by atoms with van der Waals surface area (Å²) in [5, 5.41) is 10.5. The molecule has 6 atom stereocenters. The molecular weight excluding hydrogens is 484 g/mol. The van der Waals surface area contributed by atoms with E-state index in [1.807, 2.05) is 52.8 Å². The molecule has 0 aromatic heterocycles. The van der Waals surface area contributed by atoms with E-state index in [-0.39, 0.29) is 37.5 Å². The highest BCUT2D eigenvalue weighted by Gasteiger charge is 2.79. The fraction of sp³-hybridized carbons (Fsp3) is 0.633. The molecule has 0 aliphatic carbocycles. The second-order valence-electron chi connectivity index (χ2n) is 11.7. The van der Waals surface area contributed by atoms with E-state index in [9.17, 15) is 19.5 Å². The Kier molecular flexibility index (Phi) is 7.79. The molecule has 4 rings (SSSR count). The Morgan fingerprint density at radius 2 is 1.95 bits per heavy atom. The first-order valence-corrected chi connectivity index (χ1v) is 13.8. The summed E-state index contributed by atoms with van der Waals surface area (Å²) >= 11 is 0. The maximum Gasteiger partial charge on any atom is 0.312 e. The Hall–Kier alpha value is -2.71. The van der Waals surface area contributed by atoms with E-state index in [1.54, 1.807) is 22.8 Å². The minimum atomic E-state index is -1.18. The van der Waals surface area contributed by atoms with Gasteiger partial charge in [0.1, 0.15) is 17.6 Å². The molecule has 3 aliphatic rings. The van der Waals surface area contributed by atoms with Gasteiger partial charge in [0.2, 0.25) is 5.91 Å². The van der Waals surface area contributed by atoms with Crippen LogP contribution in [0.3, 0.4) is 0 Å². The fourth-order valence-corrected chi connectivity index (χ4v) is 7.25. The van der Waals surface area contributed by atoms with Gasteiger partial charge in [0.15, 0.2) is 0 Å². The molecule has 8 nitrogen and oxygen atoms in total. The molecule has 208 valence electrons. The van der Waals surface area contributed by atoms with Crippen molar-refractivity contribution in [2.45, 2.75) is 84.1 Å². The summed E-state index contributed by atoms with van der Waals surface area (Å²) in [4.78, 5) is 45.5. The van der Waals surface area contributed by atoms with Gasteiger partial charge in [-0.3, -0.25) is 14.4 Å². The maximum absolute atomic E-state index is 14.7. The molecule has 0 saturated carbocycles. The summed E-state index contributed by atoms with van der Waals surface area (Å²) in [6.07, 6.45) is 3.20. The van der Waals surface area contributed by atoms with E-state index in [0.29, 0.717) is 19.3 Å². The predicted octanol–water partition coefficient (Wildman–Crippen LogP) is 3.56. The van der Waals surface area contributed by atoms with Gasteiger partial charge in [0.05, 0.1) is 30.8 Å². The molecule has 2 unspecified atom stereocenters. The van der Waals surface area contributed by atoms with Gasteiger partial charge in [-0.1, -0.05) is 38.1 Å². The molecule has 3 fully saturated rings. The highest BCUT2D eigenvalue weighted by molar-refractivity contribution is 6.05. The number of aliphatic hydroxyl groups excluding tert-OH is 1. The van der Waals surface area contributed by atoms with E-state index < -0.39 is 41.1 Å². The van der Waals surface area contributed by atoms with Gasteiger partial charge < -0.3 is 24.4 Å². The summed E-state index contributed by atoms with van der Waals surface area (Å²) in [5.41, 5.74) is 0.555. The van der Waals surface area contributed by atoms with Crippen LogP contribution in [0.4, 0.5) is 5.69 Å². The van der Waals surface area contributed by atoms with Crippen molar-refractivity contribution in [2.75, 3.05) is 24.7 Å². The van der Waals surface area contributed by atoms with Crippen molar-refractivity contribution in [2.24, 2.45) is 17.8 Å². The SMILES string of the molecule is C=CCN(C(=O)C1N([C@@H](CO)CC(C)C)C(=O)[C@@H]2[C@H](C(=O)OCC)[C@]3(C)CCC12O3)c1c(C)cccc1C. The molecule has 3 aliphatic heterocycles. The molecule has 1 aromatic carbocycles. The lowest BCUT2D eigenvalue weighted by molar-refractivity contribution is -0.160. The van der Waals surface area contributed by atoms with Crippen LogP contribution < -0.4 is 4.90 Å². The number of esters is 1. The van der Waals surface area contributed by atoms with Gasteiger partial charge >= 0.3 is 5.97 Å². The minimum absolute atomic E-state index is 0.173. The zero-order valence-corrected chi connectivity index (χ0v) is 23.5. The van der Waals surface area contributed by atoms with Crippen LogP contribution in [0.2, 0.25) is 0 Å². The first-order chi connectivity index (χ1) is 18.0. The quantitative estimate of drug-likeness (QED) is 0.370. The number of hydrogen-bond acceptors (Lipinski definition) is 6. The third-order valence-electron chi connectivity index (χ3n) is 8.62. The topological polar surface area (TPSA) is 96.4 Å². The predicted molar refractivity (Wildman–Crippen MR) is 144 cm³/mol. The normalized spacial score (nSPS) is 30.5. The number of aryl methyl sites for hydroxylation is 2. The van der Waals surface area contributed by atoms with Gasteiger partial charge in [-0.05, 0) is 64.0 Å². The fourth-order valence-electron chi connectivity index (χ4n) is 7.25. The lowest BCUT2D eigenvalue weighted by atomic mass is 9.66. The number of likely N-dealkylation sites (tertiary alicyclic amines) is 1. The second kappa shape index (κ2) is 10.5. The van der Waals surface area contributed by atoms with Crippen LogP contribution in [0.1, 0.15) is 58.1 Å². The smallest absolute Gasteiger partial charge is 0.312 e. The Balaban J connectivity index is 1.89. The largest absolute Gasteiger partial charge is 0.466 e. The molecule has 1 spiro atoms. The number of anilines is 1. The third kappa shape index (κ3) is 4.26. The number of ether oxygens (including phenoxy) is 2. The van der Waals surface area contributed by atoms with Gasteiger partial charge in [0, 0.05) is 12.2 Å². The molecule has 2 bridgehead atoms. The van der Waals surface area contributed by atoms with Crippen molar-refractivity contribution in [3.8, 4) is 0 Å². The Bertz CT molecular complexity index is 1100. The second-order valence-corrected chi connectivity index (χ2v) is 11.7.